The lowest BCUT2D eigenvalue weighted by Crippen LogP contribution is -2.26. The van der Waals surface area contributed by atoms with Gasteiger partial charge >= 0.3 is 5.97 Å². The molecule has 7 heteroatoms. The summed E-state index contributed by atoms with van der Waals surface area (Å²) in [5.74, 6) is -0.872. The second kappa shape index (κ2) is 6.45. The summed E-state index contributed by atoms with van der Waals surface area (Å²) in [4.78, 5) is 26.2. The summed E-state index contributed by atoms with van der Waals surface area (Å²) in [5, 5.41) is 8.33. The minimum atomic E-state index is -1.18. The topological polar surface area (TPSA) is 94.1 Å². The van der Waals surface area contributed by atoms with Crippen molar-refractivity contribution in [1.82, 2.24) is 5.48 Å². The zero-order valence-electron chi connectivity index (χ0n) is 9.93. The summed E-state index contributed by atoms with van der Waals surface area (Å²) in [6.07, 6.45) is 0. The molecule has 0 atom stereocenters. The number of methoxy groups -OCH3 is 2. The van der Waals surface area contributed by atoms with E-state index < -0.39 is 18.5 Å². The van der Waals surface area contributed by atoms with E-state index in [9.17, 15) is 9.59 Å². The van der Waals surface area contributed by atoms with Crippen LogP contribution in [0.4, 0.5) is 0 Å². The van der Waals surface area contributed by atoms with E-state index >= 15 is 0 Å². The monoisotopic (exact) mass is 255 g/mol. The molecule has 0 heterocycles. The molecule has 0 aliphatic heterocycles. The first-order chi connectivity index (χ1) is 8.58. The van der Waals surface area contributed by atoms with Gasteiger partial charge in [-0.15, -0.1) is 0 Å². The van der Waals surface area contributed by atoms with Gasteiger partial charge in [-0.25, -0.2) is 10.3 Å². The molecular formula is C11H13NO6. The number of carboxylic acids is 1. The molecule has 18 heavy (non-hydrogen) atoms. The van der Waals surface area contributed by atoms with Crippen molar-refractivity contribution in [2.24, 2.45) is 0 Å². The summed E-state index contributed by atoms with van der Waals surface area (Å²) in [6.45, 7) is -0.612. The van der Waals surface area contributed by atoms with Crippen molar-refractivity contribution in [1.29, 1.82) is 0 Å². The highest BCUT2D eigenvalue weighted by Gasteiger charge is 2.11. The minimum Gasteiger partial charge on any atom is -0.493 e. The van der Waals surface area contributed by atoms with Gasteiger partial charge in [-0.05, 0) is 18.2 Å². The van der Waals surface area contributed by atoms with E-state index in [4.69, 9.17) is 14.6 Å². The van der Waals surface area contributed by atoms with Gasteiger partial charge in [0.25, 0.3) is 5.91 Å². The molecule has 98 valence electrons. The van der Waals surface area contributed by atoms with Crippen LogP contribution in [0.3, 0.4) is 0 Å². The molecule has 0 radical (unpaired) electrons. The first-order valence-electron chi connectivity index (χ1n) is 4.94. The number of carbonyl (C=O) groups excluding carboxylic acids is 1. The van der Waals surface area contributed by atoms with Crippen LogP contribution in [0.2, 0.25) is 0 Å². The fourth-order valence-corrected chi connectivity index (χ4v) is 1.20. The molecule has 0 unspecified atom stereocenters. The number of benzene rings is 1. The summed E-state index contributed by atoms with van der Waals surface area (Å²) in [6, 6.07) is 4.52. The largest absolute Gasteiger partial charge is 0.493 e. The van der Waals surface area contributed by atoms with Crippen LogP contribution < -0.4 is 15.0 Å². The van der Waals surface area contributed by atoms with Crippen molar-refractivity contribution in [2.75, 3.05) is 20.8 Å². The molecule has 0 aliphatic carbocycles. The van der Waals surface area contributed by atoms with Crippen LogP contribution >= 0.6 is 0 Å². The summed E-state index contributed by atoms with van der Waals surface area (Å²) < 4.78 is 10.0. The highest BCUT2D eigenvalue weighted by Crippen LogP contribution is 2.27. The summed E-state index contributed by atoms with van der Waals surface area (Å²) in [5.41, 5.74) is 2.27. The quantitative estimate of drug-likeness (QED) is 0.717. The second-order valence-electron chi connectivity index (χ2n) is 3.18. The number of carboxylic acid groups (broad SMARTS) is 1. The number of hydrogen-bond donors (Lipinski definition) is 2. The Morgan fingerprint density at radius 3 is 2.44 bits per heavy atom. The van der Waals surface area contributed by atoms with Gasteiger partial charge in [0, 0.05) is 5.56 Å². The maximum Gasteiger partial charge on any atom is 0.332 e. The Morgan fingerprint density at radius 2 is 1.89 bits per heavy atom. The van der Waals surface area contributed by atoms with E-state index in [1.165, 1.54) is 26.4 Å². The summed E-state index contributed by atoms with van der Waals surface area (Å²) >= 11 is 0. The van der Waals surface area contributed by atoms with Gasteiger partial charge in [-0.1, -0.05) is 0 Å². The van der Waals surface area contributed by atoms with Gasteiger partial charge in [-0.2, -0.15) is 0 Å². The lowest BCUT2D eigenvalue weighted by Gasteiger charge is -2.09. The first kappa shape index (κ1) is 13.8. The maximum absolute atomic E-state index is 11.6. The van der Waals surface area contributed by atoms with Gasteiger partial charge in [0.05, 0.1) is 14.2 Å². The molecule has 0 spiro atoms. The smallest absolute Gasteiger partial charge is 0.332 e. The molecule has 0 fully saturated rings. The third kappa shape index (κ3) is 3.63. The molecule has 0 saturated heterocycles. The molecule has 7 nitrogen and oxygen atoms in total. The normalized spacial score (nSPS) is 9.67. The fraction of sp³-hybridized carbons (Fsp3) is 0.273. The van der Waals surface area contributed by atoms with Crippen LogP contribution in [0.5, 0.6) is 11.5 Å². The van der Waals surface area contributed by atoms with Crippen molar-refractivity contribution < 1.29 is 29.0 Å². The number of hydrogen-bond acceptors (Lipinski definition) is 5. The number of ether oxygens (including phenoxy) is 2. The van der Waals surface area contributed by atoms with Crippen molar-refractivity contribution in [3.05, 3.63) is 23.8 Å². The lowest BCUT2D eigenvalue weighted by molar-refractivity contribution is -0.144. The highest BCUT2D eigenvalue weighted by molar-refractivity contribution is 5.94. The third-order valence-electron chi connectivity index (χ3n) is 2.01. The SMILES string of the molecule is COc1ccc(C(=O)NOCC(=O)O)cc1OC. The molecule has 1 aromatic rings. The Kier molecular flexibility index (Phi) is 4.94. The van der Waals surface area contributed by atoms with E-state index in [0.29, 0.717) is 11.5 Å². The predicted molar refractivity (Wildman–Crippen MR) is 60.6 cm³/mol. The molecular weight excluding hydrogens is 242 g/mol. The molecule has 1 rings (SSSR count). The second-order valence-corrected chi connectivity index (χ2v) is 3.18. The number of amides is 1. The van der Waals surface area contributed by atoms with Crippen molar-refractivity contribution >= 4 is 11.9 Å². The fourth-order valence-electron chi connectivity index (χ4n) is 1.20. The third-order valence-corrected chi connectivity index (χ3v) is 2.01. The van der Waals surface area contributed by atoms with Gasteiger partial charge < -0.3 is 14.6 Å². The van der Waals surface area contributed by atoms with Gasteiger partial charge in [-0.3, -0.25) is 9.63 Å². The van der Waals surface area contributed by atoms with E-state index in [1.807, 2.05) is 5.48 Å². The van der Waals surface area contributed by atoms with Crippen LogP contribution in [0, 0.1) is 0 Å². The summed E-state index contributed by atoms with van der Waals surface area (Å²) in [7, 11) is 2.92. The van der Waals surface area contributed by atoms with Crippen molar-refractivity contribution in [3.8, 4) is 11.5 Å². The predicted octanol–water partition coefficient (Wildman–Crippen LogP) is 0.450. The number of hydroxylamine groups is 1. The molecule has 0 aromatic heterocycles. The Labute approximate surface area is 103 Å². The van der Waals surface area contributed by atoms with E-state index in [0.717, 1.165) is 0 Å². The average molecular weight is 255 g/mol. The Morgan fingerprint density at radius 1 is 1.22 bits per heavy atom. The molecule has 1 aromatic carbocycles. The van der Waals surface area contributed by atoms with Crippen molar-refractivity contribution in [2.45, 2.75) is 0 Å². The van der Waals surface area contributed by atoms with Crippen LogP contribution in [-0.4, -0.2) is 37.8 Å². The van der Waals surface area contributed by atoms with E-state index in [2.05, 4.69) is 4.84 Å². The number of carbonyl (C=O) groups is 2. The Balaban J connectivity index is 2.71. The van der Waals surface area contributed by atoms with Gasteiger partial charge in [0.15, 0.2) is 18.1 Å². The van der Waals surface area contributed by atoms with Crippen LogP contribution in [0.25, 0.3) is 0 Å². The van der Waals surface area contributed by atoms with Gasteiger partial charge in [0.1, 0.15) is 0 Å². The van der Waals surface area contributed by atoms with Crippen LogP contribution in [0.1, 0.15) is 10.4 Å². The lowest BCUT2D eigenvalue weighted by atomic mass is 10.2. The van der Waals surface area contributed by atoms with E-state index in [-0.39, 0.29) is 5.56 Å². The van der Waals surface area contributed by atoms with E-state index in [1.54, 1.807) is 6.07 Å². The Hall–Kier alpha value is -2.28. The standard InChI is InChI=1S/C11H13NO6/c1-16-8-4-3-7(5-9(8)17-2)11(15)12-18-6-10(13)14/h3-5H,6H2,1-2H3,(H,12,15)(H,13,14). The Bertz CT molecular complexity index is 445. The average Bonchev–Trinajstić information content (AvgIpc) is 2.37. The van der Waals surface area contributed by atoms with Crippen LogP contribution in [0.15, 0.2) is 18.2 Å². The van der Waals surface area contributed by atoms with Crippen molar-refractivity contribution in [3.63, 3.8) is 0 Å². The number of rotatable bonds is 6. The molecule has 0 saturated carbocycles. The molecule has 0 bridgehead atoms. The highest BCUT2D eigenvalue weighted by atomic mass is 16.7. The zero-order chi connectivity index (χ0) is 13.5. The molecule has 0 aliphatic rings. The van der Waals surface area contributed by atoms with Gasteiger partial charge in [0.2, 0.25) is 0 Å². The minimum absolute atomic E-state index is 0.262. The molecule has 2 N–H and O–H groups in total. The molecule has 1 amide bonds. The maximum atomic E-state index is 11.6. The first-order valence-corrected chi connectivity index (χ1v) is 4.94. The van der Waals surface area contributed by atoms with Crippen LogP contribution in [-0.2, 0) is 9.63 Å². The zero-order valence-corrected chi connectivity index (χ0v) is 9.93. The number of aliphatic carboxylic acids is 1. The number of nitrogens with one attached hydrogen (secondary N) is 1.